The molecule has 210 valence electrons. The van der Waals surface area contributed by atoms with Crippen LogP contribution in [0.5, 0.6) is 0 Å². The highest BCUT2D eigenvalue weighted by atomic mass is 16.6. The zero-order valence-electron chi connectivity index (χ0n) is 24.2. The van der Waals surface area contributed by atoms with E-state index in [1.165, 1.54) is 0 Å². The van der Waals surface area contributed by atoms with E-state index in [0.29, 0.717) is 32.4 Å². The van der Waals surface area contributed by atoms with Crippen molar-refractivity contribution in [1.29, 1.82) is 0 Å². The lowest BCUT2D eigenvalue weighted by atomic mass is 10.1. The Labute approximate surface area is 227 Å². The first kappa shape index (κ1) is 34.6. The Morgan fingerprint density at radius 1 is 0.757 bits per heavy atom. The van der Waals surface area contributed by atoms with Gasteiger partial charge >= 0.3 is 6.09 Å². The standard InChI is InChI=1S/C32H53NO4/c1-6-8-9-10-11-12-13-14-15-16-17-18-19-20-21-22-23-24-28-36-30(7-2)29(34)26-25-27-33-31(35)37-32(3,4)5/h8-9,11-12,14-15,17-18,20-21,30H,6-7,10,13,16,19,22-28H2,1-5H3,(H,33,35)/b9-8-,12-11-,15-14-,18-17-,21-20-. The van der Waals surface area contributed by atoms with Gasteiger partial charge in [-0.25, -0.2) is 4.79 Å². The molecule has 0 aromatic rings. The number of amides is 1. The van der Waals surface area contributed by atoms with Gasteiger partial charge < -0.3 is 14.8 Å². The van der Waals surface area contributed by atoms with Crippen molar-refractivity contribution in [3.63, 3.8) is 0 Å². The predicted molar refractivity (Wildman–Crippen MR) is 157 cm³/mol. The summed E-state index contributed by atoms with van der Waals surface area (Å²) in [7, 11) is 0. The van der Waals surface area contributed by atoms with Gasteiger partial charge in [0.15, 0.2) is 5.78 Å². The van der Waals surface area contributed by atoms with Gasteiger partial charge in [-0.15, -0.1) is 0 Å². The van der Waals surface area contributed by atoms with Crippen LogP contribution in [0.3, 0.4) is 0 Å². The summed E-state index contributed by atoms with van der Waals surface area (Å²) in [5.41, 5.74) is -0.519. The monoisotopic (exact) mass is 515 g/mol. The van der Waals surface area contributed by atoms with Gasteiger partial charge in [0.25, 0.3) is 0 Å². The molecule has 0 radical (unpaired) electrons. The maximum Gasteiger partial charge on any atom is 0.407 e. The molecule has 0 rings (SSSR count). The molecule has 37 heavy (non-hydrogen) atoms. The van der Waals surface area contributed by atoms with E-state index in [1.54, 1.807) is 0 Å². The fourth-order valence-electron chi connectivity index (χ4n) is 3.33. The molecule has 0 aliphatic carbocycles. The second-order valence-corrected chi connectivity index (χ2v) is 9.97. The SMILES string of the molecule is CC/C=C\C/C=C\C/C=C\C/C=C\C/C=C\CCCCOC(CC)C(=O)CCCNC(=O)OC(C)(C)C. The van der Waals surface area contributed by atoms with E-state index in [9.17, 15) is 9.59 Å². The van der Waals surface area contributed by atoms with Gasteiger partial charge in [-0.2, -0.15) is 0 Å². The molecule has 5 nitrogen and oxygen atoms in total. The van der Waals surface area contributed by atoms with Crippen LogP contribution < -0.4 is 5.32 Å². The quantitative estimate of drug-likeness (QED) is 0.123. The first-order valence-corrected chi connectivity index (χ1v) is 14.2. The molecule has 1 N–H and O–H groups in total. The predicted octanol–water partition coefficient (Wildman–Crippen LogP) is 8.58. The van der Waals surface area contributed by atoms with Crippen molar-refractivity contribution >= 4 is 11.9 Å². The van der Waals surface area contributed by atoms with Crippen LogP contribution in [0.25, 0.3) is 0 Å². The van der Waals surface area contributed by atoms with Crippen molar-refractivity contribution in [2.24, 2.45) is 0 Å². The van der Waals surface area contributed by atoms with E-state index in [2.05, 4.69) is 73.0 Å². The second-order valence-electron chi connectivity index (χ2n) is 9.97. The summed E-state index contributed by atoms with van der Waals surface area (Å²) in [6.07, 6.45) is 31.0. The van der Waals surface area contributed by atoms with Crippen LogP contribution in [-0.4, -0.2) is 36.7 Å². The van der Waals surface area contributed by atoms with Crippen LogP contribution in [-0.2, 0) is 14.3 Å². The molecular weight excluding hydrogens is 462 g/mol. The highest BCUT2D eigenvalue weighted by Gasteiger charge is 2.18. The van der Waals surface area contributed by atoms with Crippen LogP contribution in [0.4, 0.5) is 4.79 Å². The molecule has 0 bridgehead atoms. The Bertz CT molecular complexity index is 726. The van der Waals surface area contributed by atoms with Crippen molar-refractivity contribution < 1.29 is 19.1 Å². The van der Waals surface area contributed by atoms with E-state index < -0.39 is 11.7 Å². The van der Waals surface area contributed by atoms with E-state index in [1.807, 2.05) is 27.7 Å². The molecule has 0 spiro atoms. The minimum Gasteiger partial charge on any atom is -0.444 e. The van der Waals surface area contributed by atoms with Crippen LogP contribution >= 0.6 is 0 Å². The van der Waals surface area contributed by atoms with Gasteiger partial charge in [0.1, 0.15) is 11.7 Å². The Hall–Kier alpha value is -2.40. The number of carbonyl (C=O) groups excluding carboxylic acids is 2. The fraction of sp³-hybridized carbons (Fsp3) is 0.625. The van der Waals surface area contributed by atoms with Gasteiger partial charge in [-0.05, 0) is 85.0 Å². The van der Waals surface area contributed by atoms with Gasteiger partial charge in [-0.3, -0.25) is 4.79 Å². The minimum atomic E-state index is -0.519. The third kappa shape index (κ3) is 25.0. The molecule has 1 unspecified atom stereocenters. The average Bonchev–Trinajstić information content (AvgIpc) is 2.84. The average molecular weight is 516 g/mol. The summed E-state index contributed by atoms with van der Waals surface area (Å²) in [4.78, 5) is 24.0. The van der Waals surface area contributed by atoms with Crippen molar-refractivity contribution in [3.05, 3.63) is 60.8 Å². The number of unbranched alkanes of at least 4 members (excludes halogenated alkanes) is 2. The maximum atomic E-state index is 12.4. The summed E-state index contributed by atoms with van der Waals surface area (Å²) in [5, 5.41) is 2.69. The summed E-state index contributed by atoms with van der Waals surface area (Å²) in [5.74, 6) is 0.103. The number of alkyl carbamates (subject to hydrolysis) is 1. The highest BCUT2D eigenvalue weighted by molar-refractivity contribution is 5.83. The lowest BCUT2D eigenvalue weighted by Gasteiger charge is -2.19. The van der Waals surface area contributed by atoms with E-state index in [-0.39, 0.29) is 11.9 Å². The van der Waals surface area contributed by atoms with E-state index in [0.717, 1.165) is 51.4 Å². The van der Waals surface area contributed by atoms with Crippen molar-refractivity contribution in [2.75, 3.05) is 13.2 Å². The number of hydrogen-bond donors (Lipinski definition) is 1. The van der Waals surface area contributed by atoms with Crippen molar-refractivity contribution in [3.8, 4) is 0 Å². The summed E-state index contributed by atoms with van der Waals surface area (Å²) in [6.45, 7) is 10.6. The van der Waals surface area contributed by atoms with Crippen molar-refractivity contribution in [1.82, 2.24) is 5.32 Å². The molecule has 5 heteroatoms. The smallest absolute Gasteiger partial charge is 0.407 e. The van der Waals surface area contributed by atoms with Crippen LogP contribution in [0, 0.1) is 0 Å². The lowest BCUT2D eigenvalue weighted by Crippen LogP contribution is -2.33. The van der Waals surface area contributed by atoms with Gasteiger partial charge in [-0.1, -0.05) is 74.6 Å². The number of ether oxygens (including phenoxy) is 2. The van der Waals surface area contributed by atoms with Crippen LogP contribution in [0.15, 0.2) is 60.8 Å². The highest BCUT2D eigenvalue weighted by Crippen LogP contribution is 2.09. The number of nitrogens with one attached hydrogen (secondary N) is 1. The third-order valence-corrected chi connectivity index (χ3v) is 5.24. The van der Waals surface area contributed by atoms with E-state index in [4.69, 9.17) is 9.47 Å². The lowest BCUT2D eigenvalue weighted by molar-refractivity contribution is -0.131. The Morgan fingerprint density at radius 2 is 1.30 bits per heavy atom. The zero-order valence-corrected chi connectivity index (χ0v) is 24.2. The van der Waals surface area contributed by atoms with Crippen LogP contribution in [0.1, 0.15) is 105 Å². The molecule has 0 heterocycles. The topological polar surface area (TPSA) is 64.6 Å². The molecule has 0 fully saturated rings. The third-order valence-electron chi connectivity index (χ3n) is 5.24. The Balaban J connectivity index is 3.76. The molecule has 1 amide bonds. The minimum absolute atomic E-state index is 0.103. The van der Waals surface area contributed by atoms with Gasteiger partial charge in [0, 0.05) is 19.6 Å². The molecule has 0 aromatic heterocycles. The molecule has 0 saturated heterocycles. The normalized spacial score (nSPS) is 13.5. The molecule has 0 saturated carbocycles. The molecule has 0 aliphatic rings. The Morgan fingerprint density at radius 3 is 1.81 bits per heavy atom. The molecule has 0 aliphatic heterocycles. The molecule has 1 atom stereocenters. The number of rotatable bonds is 21. The number of hydrogen-bond acceptors (Lipinski definition) is 4. The van der Waals surface area contributed by atoms with Crippen LogP contribution in [0.2, 0.25) is 0 Å². The van der Waals surface area contributed by atoms with Gasteiger partial charge in [0.05, 0.1) is 0 Å². The first-order valence-electron chi connectivity index (χ1n) is 14.2. The summed E-state index contributed by atoms with van der Waals surface area (Å²) >= 11 is 0. The van der Waals surface area contributed by atoms with Crippen molar-refractivity contribution in [2.45, 2.75) is 117 Å². The number of Topliss-reactive ketones (excluding diaryl/α,β-unsaturated/α-hetero) is 1. The summed E-state index contributed by atoms with van der Waals surface area (Å²) in [6, 6.07) is 0. The largest absolute Gasteiger partial charge is 0.444 e. The zero-order chi connectivity index (χ0) is 27.6. The number of allylic oxidation sites excluding steroid dienone is 10. The first-order chi connectivity index (χ1) is 17.8. The fourth-order valence-corrected chi connectivity index (χ4v) is 3.33. The second kappa shape index (κ2) is 24.0. The number of carbonyl (C=O) groups is 2. The van der Waals surface area contributed by atoms with E-state index >= 15 is 0 Å². The maximum absolute atomic E-state index is 12.4. The molecule has 0 aromatic carbocycles. The van der Waals surface area contributed by atoms with Gasteiger partial charge in [0.2, 0.25) is 0 Å². The number of ketones is 1. The Kier molecular flexibility index (Phi) is 22.4. The summed E-state index contributed by atoms with van der Waals surface area (Å²) < 4.78 is 11.0. The molecular formula is C32H53NO4.